The van der Waals surface area contributed by atoms with E-state index in [9.17, 15) is 23.1 Å². The molecule has 3 aromatic rings. The van der Waals surface area contributed by atoms with Crippen LogP contribution in [0, 0.1) is 5.92 Å². The standard InChI is InChI=1S/C19H17ClF3N5O2/c1-27-16(12-8-25-28(11-4-5-11)17(29)14(12)26-27)18(30,9-2-3-9)10-6-13(20)15(24-7-10)19(21,22)23/h6-9,11,30H,2-5H2,1H3/t18-/m0/s1. The molecular formula is C19H17ClF3N5O2. The lowest BCUT2D eigenvalue weighted by atomic mass is 9.85. The van der Waals surface area contributed by atoms with Gasteiger partial charge in [0.2, 0.25) is 0 Å². The maximum atomic E-state index is 13.1. The number of aliphatic hydroxyl groups is 1. The summed E-state index contributed by atoms with van der Waals surface area (Å²) in [5.74, 6) is -0.267. The van der Waals surface area contributed by atoms with Crippen LogP contribution in [-0.4, -0.2) is 29.7 Å². The minimum Gasteiger partial charge on any atom is -0.378 e. The van der Waals surface area contributed by atoms with Crippen molar-refractivity contribution >= 4 is 22.5 Å². The van der Waals surface area contributed by atoms with Gasteiger partial charge in [-0.1, -0.05) is 11.6 Å². The second kappa shape index (κ2) is 6.27. The highest BCUT2D eigenvalue weighted by Crippen LogP contribution is 2.51. The molecule has 0 radical (unpaired) electrons. The smallest absolute Gasteiger partial charge is 0.378 e. The van der Waals surface area contributed by atoms with Crippen LogP contribution < -0.4 is 5.56 Å². The molecule has 0 amide bonds. The Kier molecular flexibility index (Phi) is 4.08. The summed E-state index contributed by atoms with van der Waals surface area (Å²) in [5.41, 5.74) is -2.68. The predicted octanol–water partition coefficient (Wildman–Crippen LogP) is 3.18. The highest BCUT2D eigenvalue weighted by molar-refractivity contribution is 6.31. The number of halogens is 4. The Hall–Kier alpha value is -2.46. The van der Waals surface area contributed by atoms with Crippen molar-refractivity contribution in [1.29, 1.82) is 0 Å². The number of alkyl halides is 3. The number of pyridine rings is 1. The van der Waals surface area contributed by atoms with Gasteiger partial charge in [0.1, 0.15) is 5.60 Å². The van der Waals surface area contributed by atoms with Gasteiger partial charge < -0.3 is 5.11 Å². The lowest BCUT2D eigenvalue weighted by Crippen LogP contribution is -2.33. The van der Waals surface area contributed by atoms with Crippen LogP contribution in [0.15, 0.2) is 23.3 Å². The van der Waals surface area contributed by atoms with E-state index in [1.807, 2.05) is 0 Å². The maximum absolute atomic E-state index is 13.1. The zero-order valence-electron chi connectivity index (χ0n) is 15.8. The molecule has 30 heavy (non-hydrogen) atoms. The Morgan fingerprint density at radius 3 is 2.47 bits per heavy atom. The summed E-state index contributed by atoms with van der Waals surface area (Å²) >= 11 is 5.87. The maximum Gasteiger partial charge on any atom is 0.434 e. The van der Waals surface area contributed by atoms with Crippen LogP contribution in [0.2, 0.25) is 5.02 Å². The van der Waals surface area contributed by atoms with Crippen LogP contribution in [0.3, 0.4) is 0 Å². The van der Waals surface area contributed by atoms with Crippen LogP contribution in [0.4, 0.5) is 13.2 Å². The molecule has 0 aromatic carbocycles. The molecule has 0 aliphatic heterocycles. The molecule has 0 spiro atoms. The van der Waals surface area contributed by atoms with Crippen molar-refractivity contribution in [3.63, 3.8) is 0 Å². The summed E-state index contributed by atoms with van der Waals surface area (Å²) in [6.45, 7) is 0. The monoisotopic (exact) mass is 439 g/mol. The first-order valence-corrected chi connectivity index (χ1v) is 9.90. The van der Waals surface area contributed by atoms with Crippen LogP contribution in [-0.2, 0) is 18.8 Å². The molecule has 2 aliphatic rings. The van der Waals surface area contributed by atoms with Gasteiger partial charge in [-0.15, -0.1) is 0 Å². The molecule has 0 unspecified atom stereocenters. The average molecular weight is 440 g/mol. The summed E-state index contributed by atoms with van der Waals surface area (Å²) < 4.78 is 42.0. The van der Waals surface area contributed by atoms with Crippen LogP contribution >= 0.6 is 11.6 Å². The minimum atomic E-state index is -4.70. The molecule has 1 N–H and O–H groups in total. The van der Waals surface area contributed by atoms with Gasteiger partial charge in [-0.2, -0.15) is 23.4 Å². The van der Waals surface area contributed by atoms with Gasteiger partial charge in [0.15, 0.2) is 11.2 Å². The Bertz CT molecular complexity index is 1230. The van der Waals surface area contributed by atoms with Crippen molar-refractivity contribution in [1.82, 2.24) is 24.5 Å². The number of hydrogen-bond donors (Lipinski definition) is 1. The van der Waals surface area contributed by atoms with Crippen molar-refractivity contribution in [2.75, 3.05) is 0 Å². The zero-order valence-corrected chi connectivity index (χ0v) is 16.6. The second-order valence-corrected chi connectivity index (χ2v) is 8.36. The highest BCUT2D eigenvalue weighted by atomic mass is 35.5. The molecule has 158 valence electrons. The third-order valence-electron chi connectivity index (χ3n) is 5.78. The van der Waals surface area contributed by atoms with Gasteiger partial charge in [-0.05, 0) is 37.7 Å². The summed E-state index contributed by atoms with van der Waals surface area (Å²) in [4.78, 5) is 16.3. The molecule has 0 saturated heterocycles. The quantitative estimate of drug-likeness (QED) is 0.674. The lowest BCUT2D eigenvalue weighted by Gasteiger charge is -2.29. The fourth-order valence-electron chi connectivity index (χ4n) is 4.05. The molecule has 11 heteroatoms. The van der Waals surface area contributed by atoms with Gasteiger partial charge in [-0.25, -0.2) is 9.67 Å². The van der Waals surface area contributed by atoms with Crippen molar-refractivity contribution in [3.8, 4) is 0 Å². The Morgan fingerprint density at radius 1 is 1.20 bits per heavy atom. The highest BCUT2D eigenvalue weighted by Gasteiger charge is 2.50. The van der Waals surface area contributed by atoms with Crippen molar-refractivity contribution in [3.05, 3.63) is 50.8 Å². The van der Waals surface area contributed by atoms with E-state index < -0.39 is 22.5 Å². The van der Waals surface area contributed by atoms with E-state index in [1.165, 1.54) is 15.6 Å². The summed E-state index contributed by atoms with van der Waals surface area (Å²) in [5, 5.41) is 20.1. The topological polar surface area (TPSA) is 85.8 Å². The van der Waals surface area contributed by atoms with E-state index in [0.29, 0.717) is 23.9 Å². The van der Waals surface area contributed by atoms with E-state index in [2.05, 4.69) is 15.2 Å². The van der Waals surface area contributed by atoms with Gasteiger partial charge >= 0.3 is 6.18 Å². The van der Waals surface area contributed by atoms with Gasteiger partial charge in [-0.3, -0.25) is 9.48 Å². The number of hydrogen-bond acceptors (Lipinski definition) is 5. The normalized spacial score (nSPS) is 19.3. The van der Waals surface area contributed by atoms with Crippen LogP contribution in [0.25, 0.3) is 10.9 Å². The van der Waals surface area contributed by atoms with Gasteiger partial charge in [0.05, 0.1) is 28.3 Å². The van der Waals surface area contributed by atoms with Crippen molar-refractivity contribution in [2.24, 2.45) is 13.0 Å². The first kappa shape index (κ1) is 19.5. The van der Waals surface area contributed by atoms with Crippen LogP contribution in [0.5, 0.6) is 0 Å². The molecule has 2 fully saturated rings. The molecule has 2 saturated carbocycles. The minimum absolute atomic E-state index is 0.0626. The Labute approximate surface area is 173 Å². The van der Waals surface area contributed by atoms with Gasteiger partial charge in [0, 0.05) is 18.8 Å². The SMILES string of the molecule is Cn1nc2c(=O)n(C3CC3)ncc2c1[C@@](O)(c1cnc(C(F)(F)F)c(Cl)c1)C1CC1. The van der Waals surface area contributed by atoms with E-state index >= 15 is 0 Å². The van der Waals surface area contributed by atoms with Crippen molar-refractivity contribution < 1.29 is 18.3 Å². The number of fused-ring (bicyclic) bond motifs is 1. The Morgan fingerprint density at radius 2 is 1.90 bits per heavy atom. The number of rotatable bonds is 4. The summed E-state index contributed by atoms with van der Waals surface area (Å²) in [6, 6.07) is 1.15. The molecule has 3 heterocycles. The number of aryl methyl sites for hydroxylation is 1. The van der Waals surface area contributed by atoms with E-state index in [1.54, 1.807) is 7.05 Å². The zero-order chi connectivity index (χ0) is 21.4. The molecule has 7 nitrogen and oxygen atoms in total. The molecular weight excluding hydrogens is 423 g/mol. The first-order valence-electron chi connectivity index (χ1n) is 9.53. The largest absolute Gasteiger partial charge is 0.434 e. The van der Waals surface area contributed by atoms with Crippen molar-refractivity contribution in [2.45, 2.75) is 43.5 Å². The van der Waals surface area contributed by atoms with Crippen LogP contribution in [0.1, 0.15) is 48.7 Å². The third kappa shape index (κ3) is 2.84. The molecule has 0 bridgehead atoms. The molecule has 2 aliphatic carbocycles. The predicted molar refractivity (Wildman–Crippen MR) is 101 cm³/mol. The van der Waals surface area contributed by atoms with E-state index in [-0.39, 0.29) is 28.6 Å². The number of aromatic nitrogens is 5. The fraction of sp³-hybridized carbons (Fsp3) is 0.474. The lowest BCUT2D eigenvalue weighted by molar-refractivity contribution is -0.141. The second-order valence-electron chi connectivity index (χ2n) is 7.95. The first-order chi connectivity index (χ1) is 14.1. The summed E-state index contributed by atoms with van der Waals surface area (Å²) in [7, 11) is 1.59. The van der Waals surface area contributed by atoms with E-state index in [4.69, 9.17) is 11.6 Å². The van der Waals surface area contributed by atoms with E-state index in [0.717, 1.165) is 25.1 Å². The van der Waals surface area contributed by atoms with Gasteiger partial charge in [0.25, 0.3) is 5.56 Å². The number of nitrogens with zero attached hydrogens (tertiary/aromatic N) is 5. The Balaban J connectivity index is 1.71. The average Bonchev–Trinajstić information content (AvgIpc) is 3.57. The summed E-state index contributed by atoms with van der Waals surface area (Å²) in [6.07, 6.45) is 0.849. The molecule has 1 atom stereocenters. The third-order valence-corrected chi connectivity index (χ3v) is 6.07. The molecule has 5 rings (SSSR count). The fourth-order valence-corrected chi connectivity index (χ4v) is 4.33. The molecule has 3 aromatic heterocycles.